The molecule has 7 nitrogen and oxygen atoms in total. The molecule has 1 amide bonds. The Balaban J connectivity index is 1.42. The van der Waals surface area contributed by atoms with Gasteiger partial charge in [-0.25, -0.2) is 4.39 Å². The fourth-order valence-corrected chi connectivity index (χ4v) is 3.79. The Hall–Kier alpha value is -3.73. The summed E-state index contributed by atoms with van der Waals surface area (Å²) in [4.78, 5) is 19.2. The molecule has 31 heavy (non-hydrogen) atoms. The summed E-state index contributed by atoms with van der Waals surface area (Å²) in [6.07, 6.45) is 1.30. The Labute approximate surface area is 179 Å². The number of carbonyl (C=O) groups is 1. The molecule has 4 rings (SSSR count). The monoisotopic (exact) mass is 419 g/mol. The summed E-state index contributed by atoms with van der Waals surface area (Å²) in [5.74, 6) is 0.350. The molecule has 1 saturated heterocycles. The first-order valence-electron chi connectivity index (χ1n) is 10.1. The Morgan fingerprint density at radius 3 is 2.68 bits per heavy atom. The van der Waals surface area contributed by atoms with Gasteiger partial charge in [-0.3, -0.25) is 4.79 Å². The number of aromatic nitrogens is 2. The van der Waals surface area contributed by atoms with Crippen molar-refractivity contribution in [2.75, 3.05) is 23.3 Å². The molecule has 0 unspecified atom stereocenters. The van der Waals surface area contributed by atoms with E-state index in [4.69, 9.17) is 4.52 Å². The number of benzene rings is 2. The van der Waals surface area contributed by atoms with E-state index in [1.54, 1.807) is 13.0 Å². The summed E-state index contributed by atoms with van der Waals surface area (Å²) in [6.45, 7) is 4.93. The van der Waals surface area contributed by atoms with Crippen LogP contribution in [0.2, 0.25) is 0 Å². The van der Waals surface area contributed by atoms with E-state index in [0.29, 0.717) is 54.6 Å². The van der Waals surface area contributed by atoms with E-state index in [9.17, 15) is 14.4 Å². The molecule has 2 aromatic carbocycles. The third-order valence-corrected chi connectivity index (χ3v) is 5.56. The fourth-order valence-electron chi connectivity index (χ4n) is 3.79. The van der Waals surface area contributed by atoms with E-state index in [1.807, 2.05) is 36.1 Å². The SMILES string of the molecule is Cc1noc(-c2ccc(C)c(NC(=O)C3CCN(c4ccc(F)cc4C#N)CC3)c2)n1. The van der Waals surface area contributed by atoms with Gasteiger partial charge < -0.3 is 14.7 Å². The van der Waals surface area contributed by atoms with Gasteiger partial charge >= 0.3 is 0 Å². The van der Waals surface area contributed by atoms with Gasteiger partial charge in [-0.2, -0.15) is 10.2 Å². The summed E-state index contributed by atoms with van der Waals surface area (Å²) in [6, 6.07) is 11.9. The topological polar surface area (TPSA) is 95.0 Å². The number of aryl methyl sites for hydroxylation is 2. The van der Waals surface area contributed by atoms with E-state index in [0.717, 1.165) is 11.1 Å². The molecule has 158 valence electrons. The van der Waals surface area contributed by atoms with Crippen LogP contribution in [0.4, 0.5) is 15.8 Å². The number of anilines is 2. The highest BCUT2D eigenvalue weighted by Gasteiger charge is 2.26. The van der Waals surface area contributed by atoms with Crippen LogP contribution in [-0.4, -0.2) is 29.1 Å². The number of piperidine rings is 1. The average Bonchev–Trinajstić information content (AvgIpc) is 3.21. The summed E-state index contributed by atoms with van der Waals surface area (Å²) in [5.41, 5.74) is 3.42. The molecule has 0 radical (unpaired) electrons. The molecule has 1 aliphatic rings. The predicted molar refractivity (Wildman–Crippen MR) is 114 cm³/mol. The van der Waals surface area contributed by atoms with Gasteiger partial charge in [0.15, 0.2) is 5.82 Å². The van der Waals surface area contributed by atoms with Crippen molar-refractivity contribution >= 4 is 17.3 Å². The number of hydrogen-bond donors (Lipinski definition) is 1. The fraction of sp³-hybridized carbons (Fsp3) is 0.304. The first kappa shape index (κ1) is 20.5. The Morgan fingerprint density at radius 1 is 1.23 bits per heavy atom. The van der Waals surface area contributed by atoms with E-state index < -0.39 is 5.82 Å². The molecule has 1 aromatic heterocycles. The lowest BCUT2D eigenvalue weighted by Crippen LogP contribution is -2.38. The lowest BCUT2D eigenvalue weighted by atomic mass is 9.94. The molecule has 1 N–H and O–H groups in total. The smallest absolute Gasteiger partial charge is 0.257 e. The maximum atomic E-state index is 13.4. The molecule has 0 atom stereocenters. The molecule has 1 aliphatic heterocycles. The zero-order chi connectivity index (χ0) is 22.0. The molecule has 0 aliphatic carbocycles. The van der Waals surface area contributed by atoms with Crippen molar-refractivity contribution in [2.45, 2.75) is 26.7 Å². The van der Waals surface area contributed by atoms with Gasteiger partial charge in [0.2, 0.25) is 5.91 Å². The van der Waals surface area contributed by atoms with Crippen LogP contribution in [-0.2, 0) is 4.79 Å². The van der Waals surface area contributed by atoms with Crippen LogP contribution in [0.3, 0.4) is 0 Å². The summed E-state index contributed by atoms with van der Waals surface area (Å²) < 4.78 is 18.6. The third-order valence-electron chi connectivity index (χ3n) is 5.56. The van der Waals surface area contributed by atoms with Crippen molar-refractivity contribution in [3.8, 4) is 17.5 Å². The zero-order valence-corrected chi connectivity index (χ0v) is 17.4. The zero-order valence-electron chi connectivity index (χ0n) is 17.4. The number of hydrogen-bond acceptors (Lipinski definition) is 6. The Kier molecular flexibility index (Phi) is 5.67. The summed E-state index contributed by atoms with van der Waals surface area (Å²) >= 11 is 0. The van der Waals surface area contributed by atoms with Gasteiger partial charge in [-0.15, -0.1) is 0 Å². The van der Waals surface area contributed by atoms with Crippen molar-refractivity contribution in [2.24, 2.45) is 5.92 Å². The van der Waals surface area contributed by atoms with Crippen LogP contribution < -0.4 is 10.2 Å². The second-order valence-electron chi connectivity index (χ2n) is 7.70. The number of carbonyl (C=O) groups excluding carboxylic acids is 1. The standard InChI is InChI=1S/C23H22FN5O2/c1-14-3-4-17(23-26-15(2)28-31-23)12-20(14)27-22(30)16-7-9-29(10-8-16)21-6-5-19(24)11-18(21)13-25/h3-6,11-12,16H,7-10H2,1-2H3,(H,27,30). The first-order chi connectivity index (χ1) is 14.9. The number of rotatable bonds is 4. The minimum Gasteiger partial charge on any atom is -0.370 e. The van der Waals surface area contributed by atoms with E-state index >= 15 is 0 Å². The lowest BCUT2D eigenvalue weighted by Gasteiger charge is -2.33. The van der Waals surface area contributed by atoms with E-state index in [-0.39, 0.29) is 11.8 Å². The van der Waals surface area contributed by atoms with Crippen LogP contribution in [0.15, 0.2) is 40.9 Å². The van der Waals surface area contributed by atoms with Gasteiger partial charge in [-0.1, -0.05) is 11.2 Å². The van der Waals surface area contributed by atoms with Gasteiger partial charge in [0.1, 0.15) is 11.9 Å². The highest BCUT2D eigenvalue weighted by Crippen LogP contribution is 2.29. The Morgan fingerprint density at radius 2 is 2.00 bits per heavy atom. The van der Waals surface area contributed by atoms with Crippen molar-refractivity contribution in [1.29, 1.82) is 5.26 Å². The maximum Gasteiger partial charge on any atom is 0.257 e. The average molecular weight is 419 g/mol. The normalized spacial score (nSPS) is 14.3. The van der Waals surface area contributed by atoms with Crippen molar-refractivity contribution in [3.63, 3.8) is 0 Å². The van der Waals surface area contributed by atoms with Crippen LogP contribution in [0.25, 0.3) is 11.5 Å². The van der Waals surface area contributed by atoms with Crippen molar-refractivity contribution < 1.29 is 13.7 Å². The quantitative estimate of drug-likeness (QED) is 0.680. The van der Waals surface area contributed by atoms with Gasteiger partial charge in [0, 0.05) is 30.3 Å². The predicted octanol–water partition coefficient (Wildman–Crippen LogP) is 4.22. The molecule has 2 heterocycles. The van der Waals surface area contributed by atoms with Crippen molar-refractivity contribution in [3.05, 3.63) is 59.2 Å². The highest BCUT2D eigenvalue weighted by molar-refractivity contribution is 5.94. The van der Waals surface area contributed by atoms with Crippen LogP contribution in [0.1, 0.15) is 29.8 Å². The molecule has 0 spiro atoms. The molecule has 8 heteroatoms. The van der Waals surface area contributed by atoms with E-state index in [2.05, 4.69) is 15.5 Å². The molecule has 0 saturated carbocycles. The minimum absolute atomic E-state index is 0.0405. The summed E-state index contributed by atoms with van der Waals surface area (Å²) in [5, 5.41) is 16.1. The highest BCUT2D eigenvalue weighted by atomic mass is 19.1. The number of nitriles is 1. The Bertz CT molecular complexity index is 1160. The van der Waals surface area contributed by atoms with Gasteiger partial charge in [0.25, 0.3) is 5.89 Å². The number of nitrogens with one attached hydrogen (secondary N) is 1. The number of nitrogens with zero attached hydrogens (tertiary/aromatic N) is 4. The van der Waals surface area contributed by atoms with Crippen LogP contribution in [0.5, 0.6) is 0 Å². The number of halogens is 1. The first-order valence-corrected chi connectivity index (χ1v) is 10.1. The molecular formula is C23H22FN5O2. The second-order valence-corrected chi connectivity index (χ2v) is 7.70. The molecule has 0 bridgehead atoms. The number of amides is 1. The van der Waals surface area contributed by atoms with Crippen LogP contribution in [0, 0.1) is 36.9 Å². The second kappa shape index (κ2) is 8.56. The van der Waals surface area contributed by atoms with Gasteiger partial charge in [0.05, 0.1) is 11.3 Å². The van der Waals surface area contributed by atoms with Crippen molar-refractivity contribution in [1.82, 2.24) is 10.1 Å². The minimum atomic E-state index is -0.428. The molecular weight excluding hydrogens is 397 g/mol. The van der Waals surface area contributed by atoms with Crippen LogP contribution >= 0.6 is 0 Å². The largest absolute Gasteiger partial charge is 0.370 e. The van der Waals surface area contributed by atoms with E-state index in [1.165, 1.54) is 12.1 Å². The molecule has 3 aromatic rings. The lowest BCUT2D eigenvalue weighted by molar-refractivity contribution is -0.120. The maximum absolute atomic E-state index is 13.4. The van der Waals surface area contributed by atoms with Gasteiger partial charge in [-0.05, 0) is 62.6 Å². The summed E-state index contributed by atoms with van der Waals surface area (Å²) in [7, 11) is 0. The third kappa shape index (κ3) is 4.40. The molecule has 1 fully saturated rings.